The number of anilines is 1. The van der Waals surface area contributed by atoms with Crippen molar-refractivity contribution in [2.75, 3.05) is 51.2 Å². The first-order valence-corrected chi connectivity index (χ1v) is 12.3. The van der Waals surface area contributed by atoms with Crippen LogP contribution in [0.15, 0.2) is 11.4 Å². The van der Waals surface area contributed by atoms with Crippen molar-refractivity contribution >= 4 is 39.4 Å². The summed E-state index contributed by atoms with van der Waals surface area (Å²) in [6.07, 6.45) is -2.01. The van der Waals surface area contributed by atoms with Crippen LogP contribution < -0.4 is 15.5 Å². The molecule has 0 aromatic carbocycles. The van der Waals surface area contributed by atoms with Crippen molar-refractivity contribution in [3.8, 4) is 0 Å². The number of rotatable bonds is 6. The number of nitrogens with one attached hydrogen (secondary N) is 2. The molecule has 186 valence electrons. The van der Waals surface area contributed by atoms with Crippen molar-refractivity contribution < 1.29 is 27.5 Å². The number of alkyl carbamates (subject to hydrolysis) is 1. The molecule has 2 amide bonds. The Morgan fingerprint density at radius 3 is 2.56 bits per heavy atom. The van der Waals surface area contributed by atoms with Crippen LogP contribution in [0.2, 0.25) is 0 Å². The number of halogens is 3. The number of alkyl halides is 3. The molecule has 0 bridgehead atoms. The summed E-state index contributed by atoms with van der Waals surface area (Å²) in [4.78, 5) is 32.7. The fourth-order valence-corrected chi connectivity index (χ4v) is 5.40. The van der Waals surface area contributed by atoms with Crippen LogP contribution in [-0.2, 0) is 10.9 Å². The predicted octanol–water partition coefficient (Wildman–Crippen LogP) is 3.47. The molecule has 2 aliphatic heterocycles. The molecule has 0 atom stereocenters. The molecule has 12 heteroatoms. The van der Waals surface area contributed by atoms with Crippen molar-refractivity contribution in [2.24, 2.45) is 0 Å². The largest absolute Gasteiger partial charge is 0.446 e. The minimum atomic E-state index is -4.57. The summed E-state index contributed by atoms with van der Waals surface area (Å²) in [5.74, 6) is -0.316. The van der Waals surface area contributed by atoms with E-state index in [0.717, 1.165) is 37.0 Å². The molecule has 2 aromatic heterocycles. The quantitative estimate of drug-likeness (QED) is 0.633. The Morgan fingerprint density at radius 1 is 1.21 bits per heavy atom. The van der Waals surface area contributed by atoms with Gasteiger partial charge in [0, 0.05) is 51.4 Å². The highest BCUT2D eigenvalue weighted by Crippen LogP contribution is 2.40. The molecule has 2 N–H and O–H groups in total. The minimum Gasteiger partial charge on any atom is -0.446 e. The highest BCUT2D eigenvalue weighted by Gasteiger charge is 2.36. The molecule has 4 rings (SSSR count). The van der Waals surface area contributed by atoms with Gasteiger partial charge < -0.3 is 25.2 Å². The predicted molar refractivity (Wildman–Crippen MR) is 123 cm³/mol. The fraction of sp³-hybridized carbons (Fsp3) is 0.591. The molecule has 8 nitrogen and oxygen atoms in total. The van der Waals surface area contributed by atoms with E-state index in [0.29, 0.717) is 32.5 Å². The molecule has 34 heavy (non-hydrogen) atoms. The van der Waals surface area contributed by atoms with E-state index >= 15 is 0 Å². The SMILES string of the molecule is CNC(=O)c1csc2c(C(F)(F)F)cc(N3CCC(OC(=O)NCCN4CCCC4)CC3)nc12. The van der Waals surface area contributed by atoms with Crippen LogP contribution >= 0.6 is 11.3 Å². The smallest absolute Gasteiger partial charge is 0.417 e. The highest BCUT2D eigenvalue weighted by molar-refractivity contribution is 7.17. The molecule has 2 fully saturated rings. The van der Waals surface area contributed by atoms with Crippen molar-refractivity contribution in [3.63, 3.8) is 0 Å². The lowest BCUT2D eigenvalue weighted by Crippen LogP contribution is -2.41. The zero-order valence-corrected chi connectivity index (χ0v) is 19.7. The number of hydrogen-bond acceptors (Lipinski definition) is 7. The van der Waals surface area contributed by atoms with Crippen LogP contribution in [0.5, 0.6) is 0 Å². The van der Waals surface area contributed by atoms with Crippen molar-refractivity contribution in [3.05, 3.63) is 22.6 Å². The van der Waals surface area contributed by atoms with E-state index in [9.17, 15) is 22.8 Å². The summed E-state index contributed by atoms with van der Waals surface area (Å²) >= 11 is 0.859. The van der Waals surface area contributed by atoms with Gasteiger partial charge in [0.1, 0.15) is 11.9 Å². The Balaban J connectivity index is 1.39. The Labute approximate surface area is 199 Å². The Kier molecular flexibility index (Phi) is 7.46. The van der Waals surface area contributed by atoms with Gasteiger partial charge in [0.2, 0.25) is 0 Å². The van der Waals surface area contributed by atoms with Crippen LogP contribution in [0.25, 0.3) is 10.2 Å². The highest BCUT2D eigenvalue weighted by atomic mass is 32.1. The third-order valence-corrected chi connectivity index (χ3v) is 7.22. The van der Waals surface area contributed by atoms with Crippen LogP contribution in [0.1, 0.15) is 41.6 Å². The van der Waals surface area contributed by atoms with Gasteiger partial charge in [-0.1, -0.05) is 0 Å². The minimum absolute atomic E-state index is 0.0462. The van der Waals surface area contributed by atoms with Crippen molar-refractivity contribution in [1.29, 1.82) is 0 Å². The van der Waals surface area contributed by atoms with E-state index in [2.05, 4.69) is 20.5 Å². The lowest BCUT2D eigenvalue weighted by Gasteiger charge is -2.32. The molecule has 2 saturated heterocycles. The van der Waals surface area contributed by atoms with Crippen LogP contribution in [0.4, 0.5) is 23.8 Å². The lowest BCUT2D eigenvalue weighted by atomic mass is 10.1. The number of carbonyl (C=O) groups excluding carboxylic acids is 2. The van der Waals surface area contributed by atoms with E-state index < -0.39 is 23.7 Å². The number of thiophene rings is 1. The van der Waals surface area contributed by atoms with Gasteiger partial charge in [-0.2, -0.15) is 13.2 Å². The van der Waals surface area contributed by atoms with Crippen molar-refractivity contribution in [1.82, 2.24) is 20.5 Å². The normalized spacial score (nSPS) is 17.8. The molecule has 0 aliphatic carbocycles. The number of pyridine rings is 1. The average molecular weight is 500 g/mol. The molecule has 4 heterocycles. The van der Waals surface area contributed by atoms with Crippen LogP contribution in [-0.4, -0.2) is 74.3 Å². The topological polar surface area (TPSA) is 86.8 Å². The maximum atomic E-state index is 13.8. The molecule has 2 aliphatic rings. The van der Waals surface area contributed by atoms with E-state index in [1.165, 1.54) is 25.3 Å². The number of nitrogens with zero attached hydrogens (tertiary/aromatic N) is 3. The number of fused-ring (bicyclic) bond motifs is 1. The summed E-state index contributed by atoms with van der Waals surface area (Å²) in [6, 6.07) is 1.04. The zero-order chi connectivity index (χ0) is 24.3. The molecule has 0 unspecified atom stereocenters. The number of amides is 2. The van der Waals surface area contributed by atoms with E-state index in [-0.39, 0.29) is 27.7 Å². The third kappa shape index (κ3) is 5.54. The number of ether oxygens (including phenoxy) is 1. The maximum Gasteiger partial charge on any atom is 0.417 e. The van der Waals surface area contributed by atoms with E-state index in [1.807, 2.05) is 0 Å². The first-order valence-electron chi connectivity index (χ1n) is 11.4. The van der Waals surface area contributed by atoms with Gasteiger partial charge >= 0.3 is 12.3 Å². The summed E-state index contributed by atoms with van der Waals surface area (Å²) in [5, 5.41) is 6.62. The Morgan fingerprint density at radius 2 is 1.91 bits per heavy atom. The summed E-state index contributed by atoms with van der Waals surface area (Å²) < 4.78 is 46.7. The van der Waals surface area contributed by atoms with Crippen LogP contribution in [0.3, 0.4) is 0 Å². The van der Waals surface area contributed by atoms with Gasteiger partial charge in [0.25, 0.3) is 5.91 Å². The molecule has 0 radical (unpaired) electrons. The van der Waals surface area contributed by atoms with Gasteiger partial charge in [0.15, 0.2) is 0 Å². The molecule has 0 saturated carbocycles. The molecular formula is C22H28F3N5O3S. The van der Waals surface area contributed by atoms with E-state index in [4.69, 9.17) is 4.74 Å². The van der Waals surface area contributed by atoms with E-state index in [1.54, 1.807) is 4.90 Å². The Bertz CT molecular complexity index is 1030. The first kappa shape index (κ1) is 24.5. The van der Waals surface area contributed by atoms with Gasteiger partial charge in [-0.05, 0) is 32.0 Å². The van der Waals surface area contributed by atoms with Crippen LogP contribution in [0, 0.1) is 0 Å². The Hall–Kier alpha value is -2.60. The van der Waals surface area contributed by atoms with Crippen molar-refractivity contribution in [2.45, 2.75) is 38.0 Å². The van der Waals surface area contributed by atoms with Gasteiger partial charge in [0.05, 0.1) is 21.3 Å². The molecule has 0 spiro atoms. The fourth-order valence-electron chi connectivity index (χ4n) is 4.38. The zero-order valence-electron chi connectivity index (χ0n) is 18.9. The van der Waals surface area contributed by atoms with Gasteiger partial charge in [-0.3, -0.25) is 4.79 Å². The number of piperidine rings is 1. The lowest BCUT2D eigenvalue weighted by molar-refractivity contribution is -0.136. The summed E-state index contributed by atoms with van der Waals surface area (Å²) in [6.45, 7) is 4.21. The standard InChI is InChI=1S/C22H28F3N5O3S/c1-26-20(31)15-13-34-19-16(22(23,24)25)12-17(28-18(15)19)30-9-4-14(5-10-30)33-21(32)27-6-11-29-7-2-3-8-29/h12-14H,2-11H2,1H3,(H,26,31)(H,27,32). The van der Waals surface area contributed by atoms with Gasteiger partial charge in [-0.15, -0.1) is 11.3 Å². The number of carbonyl (C=O) groups is 2. The maximum absolute atomic E-state index is 13.8. The molecule has 2 aromatic rings. The number of hydrogen-bond donors (Lipinski definition) is 2. The second-order valence-electron chi connectivity index (χ2n) is 8.50. The molecular weight excluding hydrogens is 471 g/mol. The van der Waals surface area contributed by atoms with Gasteiger partial charge in [-0.25, -0.2) is 9.78 Å². The number of likely N-dealkylation sites (tertiary alicyclic amines) is 1. The number of aromatic nitrogens is 1. The first-order chi connectivity index (χ1) is 16.3. The summed E-state index contributed by atoms with van der Waals surface area (Å²) in [5.41, 5.74) is -0.632. The average Bonchev–Trinajstić information content (AvgIpc) is 3.47. The summed E-state index contributed by atoms with van der Waals surface area (Å²) in [7, 11) is 1.42. The second kappa shape index (κ2) is 10.3. The second-order valence-corrected chi connectivity index (χ2v) is 9.38. The monoisotopic (exact) mass is 499 g/mol. The third-order valence-electron chi connectivity index (χ3n) is 6.22.